The van der Waals surface area contributed by atoms with Crippen LogP contribution in [0.25, 0.3) is 0 Å². The van der Waals surface area contributed by atoms with E-state index in [1.54, 1.807) is 0 Å². The molecule has 0 aliphatic carbocycles. The van der Waals surface area contributed by atoms with E-state index in [0.29, 0.717) is 0 Å². The Morgan fingerprint density at radius 1 is 0.469 bits per heavy atom. The lowest BCUT2D eigenvalue weighted by atomic mass is 10.1. The summed E-state index contributed by atoms with van der Waals surface area (Å²) in [7, 11) is -1.67. The molecule has 0 saturated carbocycles. The molecule has 0 aliphatic heterocycles. The van der Waals surface area contributed by atoms with Gasteiger partial charge in [-0.15, -0.1) is 0 Å². The average molecular weight is 438 g/mol. The maximum absolute atomic E-state index is 2.35. The van der Waals surface area contributed by atoms with Gasteiger partial charge >= 0.3 is 0 Å². The lowest BCUT2D eigenvalue weighted by Crippen LogP contribution is -2.33. The molecular formula is C31H34P+. The van der Waals surface area contributed by atoms with Gasteiger partial charge in [-0.2, -0.15) is 0 Å². The fraction of sp³-hybridized carbons (Fsp3) is 0.226. The summed E-state index contributed by atoms with van der Waals surface area (Å²) in [6.07, 6.45) is 7.55. The molecule has 0 radical (unpaired) electrons. The van der Waals surface area contributed by atoms with Crippen molar-refractivity contribution < 1.29 is 0 Å². The van der Waals surface area contributed by atoms with Gasteiger partial charge in [-0.25, -0.2) is 0 Å². The third-order valence-corrected chi connectivity index (χ3v) is 10.9. The van der Waals surface area contributed by atoms with Gasteiger partial charge in [0.2, 0.25) is 0 Å². The van der Waals surface area contributed by atoms with Crippen LogP contribution in [0.5, 0.6) is 0 Å². The molecule has 4 aromatic carbocycles. The van der Waals surface area contributed by atoms with E-state index in [9.17, 15) is 0 Å². The van der Waals surface area contributed by atoms with Crippen LogP contribution >= 0.6 is 7.26 Å². The minimum absolute atomic E-state index is 1.19. The van der Waals surface area contributed by atoms with Crippen LogP contribution in [-0.4, -0.2) is 6.16 Å². The second kappa shape index (κ2) is 11.3. The molecule has 0 heterocycles. The molecule has 0 N–H and O–H groups in total. The van der Waals surface area contributed by atoms with E-state index in [1.807, 2.05) is 0 Å². The van der Waals surface area contributed by atoms with Gasteiger partial charge in [0.1, 0.15) is 23.2 Å². The molecule has 1 heteroatoms. The fourth-order valence-corrected chi connectivity index (χ4v) is 9.08. The zero-order valence-corrected chi connectivity index (χ0v) is 20.1. The van der Waals surface area contributed by atoms with Gasteiger partial charge in [0.25, 0.3) is 0 Å². The van der Waals surface area contributed by atoms with Gasteiger partial charge in [0.05, 0.1) is 6.16 Å². The summed E-state index contributed by atoms with van der Waals surface area (Å²) in [5, 5.41) is 4.49. The highest BCUT2D eigenvalue weighted by Gasteiger charge is 2.44. The molecule has 0 fully saturated rings. The maximum Gasteiger partial charge on any atom is 0.112 e. The van der Waals surface area contributed by atoms with Gasteiger partial charge in [0.15, 0.2) is 0 Å². The van der Waals surface area contributed by atoms with Gasteiger partial charge < -0.3 is 0 Å². The van der Waals surface area contributed by atoms with Gasteiger partial charge in [-0.05, 0) is 74.6 Å². The molecule has 0 spiro atoms. The molecule has 0 aromatic heterocycles. The second-order valence-corrected chi connectivity index (χ2v) is 12.3. The second-order valence-electron chi connectivity index (χ2n) is 8.69. The topological polar surface area (TPSA) is 0 Å². The molecular weight excluding hydrogens is 403 g/mol. The van der Waals surface area contributed by atoms with Crippen molar-refractivity contribution in [1.29, 1.82) is 0 Å². The van der Waals surface area contributed by atoms with Crippen LogP contribution in [0.2, 0.25) is 0 Å². The Balaban J connectivity index is 1.51. The third kappa shape index (κ3) is 5.37. The van der Waals surface area contributed by atoms with E-state index in [1.165, 1.54) is 65.3 Å². The smallest absolute Gasteiger partial charge is 0.0620 e. The number of hydrogen-bond acceptors (Lipinski definition) is 0. The number of aryl methyl sites for hydroxylation is 2. The zero-order valence-electron chi connectivity index (χ0n) is 19.2. The van der Waals surface area contributed by atoms with Crippen molar-refractivity contribution in [2.45, 2.75) is 39.0 Å². The number of rotatable bonds is 10. The predicted octanol–water partition coefficient (Wildman–Crippen LogP) is 7.09. The molecule has 0 bridgehead atoms. The molecule has 0 saturated heterocycles. The minimum Gasteiger partial charge on any atom is -0.0620 e. The van der Waals surface area contributed by atoms with Crippen molar-refractivity contribution in [1.82, 2.24) is 0 Å². The van der Waals surface area contributed by atoms with E-state index in [0.717, 1.165) is 0 Å². The Morgan fingerprint density at radius 3 is 1.38 bits per heavy atom. The Hall–Kier alpha value is -2.69. The number of benzene rings is 4. The first-order chi connectivity index (χ1) is 15.8. The first-order valence-electron chi connectivity index (χ1n) is 11.9. The van der Waals surface area contributed by atoms with Crippen molar-refractivity contribution in [3.8, 4) is 0 Å². The Labute approximate surface area is 194 Å². The van der Waals surface area contributed by atoms with Crippen LogP contribution in [-0.2, 0) is 6.42 Å². The highest BCUT2D eigenvalue weighted by atomic mass is 31.2. The van der Waals surface area contributed by atoms with Gasteiger partial charge in [-0.3, -0.25) is 0 Å². The molecule has 0 aliphatic rings. The normalized spacial score (nSPS) is 11.4. The van der Waals surface area contributed by atoms with Gasteiger partial charge in [-0.1, -0.05) is 90.8 Å². The van der Waals surface area contributed by atoms with Crippen LogP contribution < -0.4 is 15.9 Å². The summed E-state index contributed by atoms with van der Waals surface area (Å²) in [5.74, 6) is 0. The van der Waals surface area contributed by atoms with E-state index in [4.69, 9.17) is 0 Å². The van der Waals surface area contributed by atoms with E-state index in [-0.39, 0.29) is 0 Å². The van der Waals surface area contributed by atoms with Crippen LogP contribution in [0.3, 0.4) is 0 Å². The number of unbranched alkanes of at least 4 members (excludes halogenated alkanes) is 3. The first kappa shape index (κ1) is 22.5. The molecule has 4 rings (SSSR count). The Morgan fingerprint density at radius 2 is 0.906 bits per heavy atom. The molecule has 0 unspecified atom stereocenters. The van der Waals surface area contributed by atoms with Crippen LogP contribution in [0.15, 0.2) is 115 Å². The summed E-state index contributed by atoms with van der Waals surface area (Å²) in [6, 6.07) is 42.8. The number of hydrogen-bond donors (Lipinski definition) is 0. The van der Waals surface area contributed by atoms with Crippen LogP contribution in [0.4, 0.5) is 0 Å². The molecule has 32 heavy (non-hydrogen) atoms. The minimum atomic E-state index is -1.67. The summed E-state index contributed by atoms with van der Waals surface area (Å²) in [6.45, 7) is 2.16. The maximum atomic E-state index is 2.35. The van der Waals surface area contributed by atoms with E-state index >= 15 is 0 Å². The van der Waals surface area contributed by atoms with Gasteiger partial charge in [0, 0.05) is 0 Å². The monoisotopic (exact) mass is 437 g/mol. The highest BCUT2D eigenvalue weighted by Crippen LogP contribution is 2.55. The SMILES string of the molecule is Cc1ccc(CCCCCC[P+](c2ccccc2)(c2ccccc2)c2ccccc2)cc1. The summed E-state index contributed by atoms with van der Waals surface area (Å²) >= 11 is 0. The Bertz CT molecular complexity index is 957. The van der Waals surface area contributed by atoms with Crippen molar-refractivity contribution in [2.75, 3.05) is 6.16 Å². The summed E-state index contributed by atoms with van der Waals surface area (Å²) in [5.41, 5.74) is 2.81. The molecule has 162 valence electrons. The molecule has 4 aromatic rings. The molecule has 0 atom stereocenters. The predicted molar refractivity (Wildman–Crippen MR) is 143 cm³/mol. The lowest BCUT2D eigenvalue weighted by molar-refractivity contribution is 0.669. The average Bonchev–Trinajstić information content (AvgIpc) is 2.86. The summed E-state index contributed by atoms with van der Waals surface area (Å²) in [4.78, 5) is 0. The fourth-order valence-electron chi connectivity index (χ4n) is 4.67. The summed E-state index contributed by atoms with van der Waals surface area (Å²) < 4.78 is 0. The molecule has 0 amide bonds. The lowest BCUT2D eigenvalue weighted by Gasteiger charge is -2.27. The highest BCUT2D eigenvalue weighted by molar-refractivity contribution is 7.95. The van der Waals surface area contributed by atoms with E-state index < -0.39 is 7.26 Å². The largest absolute Gasteiger partial charge is 0.112 e. The van der Waals surface area contributed by atoms with Crippen molar-refractivity contribution in [2.24, 2.45) is 0 Å². The molecule has 0 nitrogen and oxygen atoms in total. The van der Waals surface area contributed by atoms with Crippen molar-refractivity contribution >= 4 is 23.2 Å². The third-order valence-electron chi connectivity index (χ3n) is 6.42. The first-order valence-corrected chi connectivity index (χ1v) is 13.9. The Kier molecular flexibility index (Phi) is 7.92. The van der Waals surface area contributed by atoms with Crippen molar-refractivity contribution in [3.05, 3.63) is 126 Å². The zero-order chi connectivity index (χ0) is 22.1. The van der Waals surface area contributed by atoms with Crippen LogP contribution in [0.1, 0.15) is 36.8 Å². The van der Waals surface area contributed by atoms with Crippen LogP contribution in [0, 0.1) is 6.92 Å². The van der Waals surface area contributed by atoms with Crippen molar-refractivity contribution in [3.63, 3.8) is 0 Å². The quantitative estimate of drug-likeness (QED) is 0.183. The standard InChI is InChI=1S/C31H34P/c1-27-22-24-28(25-23-27)15-7-2-3-14-26-32(29-16-8-4-9-17-29,30-18-10-5-11-19-30)31-20-12-6-13-21-31/h4-6,8-13,16-25H,2-3,7,14-15,26H2,1H3/q+1. The van der Waals surface area contributed by atoms with E-state index in [2.05, 4.69) is 122 Å².